The van der Waals surface area contributed by atoms with Gasteiger partial charge in [-0.2, -0.15) is 0 Å². The van der Waals surface area contributed by atoms with Gasteiger partial charge in [-0.3, -0.25) is 4.99 Å². The van der Waals surface area contributed by atoms with Gasteiger partial charge >= 0.3 is 0 Å². The van der Waals surface area contributed by atoms with Gasteiger partial charge in [0.1, 0.15) is 0 Å². The SMILES string of the molecule is CCCCNC(=NC)N1CCC(C)CC1. The van der Waals surface area contributed by atoms with E-state index in [1.54, 1.807) is 0 Å². The van der Waals surface area contributed by atoms with Crippen molar-refractivity contribution in [1.82, 2.24) is 10.2 Å². The third-order valence-corrected chi connectivity index (χ3v) is 3.11. The molecule has 0 aliphatic carbocycles. The molecule has 0 amide bonds. The Hall–Kier alpha value is -0.730. The molecule has 0 saturated carbocycles. The fourth-order valence-electron chi connectivity index (χ4n) is 1.93. The Bertz CT molecular complexity index is 193. The van der Waals surface area contributed by atoms with E-state index >= 15 is 0 Å². The molecule has 1 saturated heterocycles. The highest BCUT2D eigenvalue weighted by Gasteiger charge is 2.17. The summed E-state index contributed by atoms with van der Waals surface area (Å²) in [7, 11) is 1.88. The number of nitrogens with zero attached hydrogens (tertiary/aromatic N) is 2. The first-order chi connectivity index (χ1) is 7.27. The monoisotopic (exact) mass is 211 g/mol. The largest absolute Gasteiger partial charge is 0.356 e. The average Bonchev–Trinajstić information content (AvgIpc) is 2.26. The summed E-state index contributed by atoms with van der Waals surface area (Å²) in [6.45, 7) is 7.92. The summed E-state index contributed by atoms with van der Waals surface area (Å²) in [5.74, 6) is 1.98. The second-order valence-corrected chi connectivity index (χ2v) is 4.50. The van der Waals surface area contributed by atoms with Gasteiger partial charge in [0, 0.05) is 26.7 Å². The minimum atomic E-state index is 0.884. The molecular formula is C12H25N3. The lowest BCUT2D eigenvalue weighted by Gasteiger charge is -2.32. The summed E-state index contributed by atoms with van der Waals surface area (Å²) in [6.07, 6.45) is 5.06. The van der Waals surface area contributed by atoms with E-state index in [1.807, 2.05) is 7.05 Å². The molecule has 0 unspecified atom stereocenters. The van der Waals surface area contributed by atoms with E-state index < -0.39 is 0 Å². The highest BCUT2D eigenvalue weighted by Crippen LogP contribution is 2.15. The van der Waals surface area contributed by atoms with Crippen LogP contribution >= 0.6 is 0 Å². The van der Waals surface area contributed by atoms with Crippen LogP contribution in [0.1, 0.15) is 39.5 Å². The van der Waals surface area contributed by atoms with Crippen molar-refractivity contribution >= 4 is 5.96 Å². The lowest BCUT2D eigenvalue weighted by atomic mass is 10.00. The number of hydrogen-bond donors (Lipinski definition) is 1. The topological polar surface area (TPSA) is 27.6 Å². The van der Waals surface area contributed by atoms with E-state index in [1.165, 1.54) is 25.7 Å². The van der Waals surface area contributed by atoms with Crippen molar-refractivity contribution in [2.24, 2.45) is 10.9 Å². The van der Waals surface area contributed by atoms with Crippen molar-refractivity contribution in [2.45, 2.75) is 39.5 Å². The van der Waals surface area contributed by atoms with Crippen LogP contribution in [-0.4, -0.2) is 37.5 Å². The molecule has 1 fully saturated rings. The number of nitrogens with one attached hydrogen (secondary N) is 1. The maximum absolute atomic E-state index is 4.34. The third kappa shape index (κ3) is 4.10. The lowest BCUT2D eigenvalue weighted by molar-refractivity contribution is 0.273. The van der Waals surface area contributed by atoms with E-state index in [9.17, 15) is 0 Å². The Morgan fingerprint density at radius 1 is 1.40 bits per heavy atom. The number of likely N-dealkylation sites (tertiary alicyclic amines) is 1. The average molecular weight is 211 g/mol. The lowest BCUT2D eigenvalue weighted by Crippen LogP contribution is -2.45. The molecule has 0 aromatic heterocycles. The van der Waals surface area contributed by atoms with Crippen molar-refractivity contribution in [1.29, 1.82) is 0 Å². The first-order valence-electron chi connectivity index (χ1n) is 6.23. The molecule has 0 atom stereocenters. The van der Waals surface area contributed by atoms with Gasteiger partial charge in [0.2, 0.25) is 0 Å². The summed E-state index contributed by atoms with van der Waals surface area (Å²) >= 11 is 0. The van der Waals surface area contributed by atoms with Gasteiger partial charge < -0.3 is 10.2 Å². The highest BCUT2D eigenvalue weighted by molar-refractivity contribution is 5.79. The van der Waals surface area contributed by atoms with Gasteiger partial charge in [0.25, 0.3) is 0 Å². The van der Waals surface area contributed by atoms with Crippen LogP contribution in [-0.2, 0) is 0 Å². The van der Waals surface area contributed by atoms with Crippen molar-refractivity contribution < 1.29 is 0 Å². The first-order valence-corrected chi connectivity index (χ1v) is 6.23. The van der Waals surface area contributed by atoms with Crippen LogP contribution < -0.4 is 5.32 Å². The van der Waals surface area contributed by atoms with Gasteiger partial charge in [-0.1, -0.05) is 20.3 Å². The van der Waals surface area contributed by atoms with Crippen LogP contribution in [0.2, 0.25) is 0 Å². The fraction of sp³-hybridized carbons (Fsp3) is 0.917. The Balaban J connectivity index is 2.32. The summed E-state index contributed by atoms with van der Waals surface area (Å²) in [6, 6.07) is 0. The normalized spacial score (nSPS) is 19.4. The third-order valence-electron chi connectivity index (χ3n) is 3.11. The molecule has 1 N–H and O–H groups in total. The number of guanidine groups is 1. The standard InChI is InChI=1S/C12H25N3/c1-4-5-8-14-12(13-3)15-9-6-11(2)7-10-15/h11H,4-10H2,1-3H3,(H,13,14). The zero-order valence-electron chi connectivity index (χ0n) is 10.4. The summed E-state index contributed by atoms with van der Waals surface area (Å²) in [5, 5.41) is 3.43. The Kier molecular flexibility index (Phi) is 5.51. The minimum absolute atomic E-state index is 0.884. The molecule has 1 rings (SSSR count). The van der Waals surface area contributed by atoms with Gasteiger partial charge in [-0.25, -0.2) is 0 Å². The van der Waals surface area contributed by atoms with Crippen molar-refractivity contribution in [3.8, 4) is 0 Å². The number of aliphatic imine (C=N–C) groups is 1. The molecule has 3 heteroatoms. The predicted molar refractivity (Wildman–Crippen MR) is 66.2 cm³/mol. The maximum Gasteiger partial charge on any atom is 0.193 e. The Labute approximate surface area is 94.0 Å². The van der Waals surface area contributed by atoms with Crippen LogP contribution in [0, 0.1) is 5.92 Å². The first kappa shape index (κ1) is 12.3. The molecule has 15 heavy (non-hydrogen) atoms. The van der Waals surface area contributed by atoms with Gasteiger partial charge in [0.05, 0.1) is 0 Å². The zero-order chi connectivity index (χ0) is 11.1. The molecule has 0 aromatic rings. The molecule has 0 bridgehead atoms. The van der Waals surface area contributed by atoms with E-state index in [2.05, 4.69) is 29.1 Å². The molecule has 88 valence electrons. The second-order valence-electron chi connectivity index (χ2n) is 4.50. The van der Waals surface area contributed by atoms with Crippen LogP contribution in [0.5, 0.6) is 0 Å². The molecule has 3 nitrogen and oxygen atoms in total. The van der Waals surface area contributed by atoms with Gasteiger partial charge in [-0.15, -0.1) is 0 Å². The quantitative estimate of drug-likeness (QED) is 0.440. The van der Waals surface area contributed by atoms with E-state index in [-0.39, 0.29) is 0 Å². The minimum Gasteiger partial charge on any atom is -0.356 e. The number of hydrogen-bond acceptors (Lipinski definition) is 1. The van der Waals surface area contributed by atoms with Gasteiger partial charge in [-0.05, 0) is 25.2 Å². The van der Waals surface area contributed by atoms with E-state index in [4.69, 9.17) is 0 Å². The summed E-state index contributed by atoms with van der Waals surface area (Å²) < 4.78 is 0. The van der Waals surface area contributed by atoms with Crippen LogP contribution in [0.4, 0.5) is 0 Å². The Morgan fingerprint density at radius 2 is 2.07 bits per heavy atom. The highest BCUT2D eigenvalue weighted by atomic mass is 15.3. The fourth-order valence-corrected chi connectivity index (χ4v) is 1.93. The molecule has 1 aliphatic heterocycles. The zero-order valence-corrected chi connectivity index (χ0v) is 10.4. The summed E-state index contributed by atoms with van der Waals surface area (Å²) in [5.41, 5.74) is 0. The van der Waals surface area contributed by atoms with Crippen molar-refractivity contribution in [2.75, 3.05) is 26.7 Å². The molecule has 1 aliphatic rings. The molecule has 0 aromatic carbocycles. The molecular weight excluding hydrogens is 186 g/mol. The number of rotatable bonds is 3. The summed E-state index contributed by atoms with van der Waals surface area (Å²) in [4.78, 5) is 6.72. The smallest absolute Gasteiger partial charge is 0.193 e. The number of piperidine rings is 1. The maximum atomic E-state index is 4.34. The van der Waals surface area contributed by atoms with E-state index in [0.29, 0.717) is 0 Å². The number of unbranched alkanes of at least 4 members (excludes halogenated alkanes) is 1. The molecule has 0 radical (unpaired) electrons. The van der Waals surface area contributed by atoms with Crippen LogP contribution in [0.15, 0.2) is 4.99 Å². The van der Waals surface area contributed by atoms with Crippen LogP contribution in [0.3, 0.4) is 0 Å². The molecule has 1 heterocycles. The Morgan fingerprint density at radius 3 is 2.60 bits per heavy atom. The molecule has 0 spiro atoms. The predicted octanol–water partition coefficient (Wildman–Crippen LogP) is 2.09. The van der Waals surface area contributed by atoms with E-state index in [0.717, 1.165) is 31.5 Å². The second kappa shape index (κ2) is 6.70. The van der Waals surface area contributed by atoms with Crippen LogP contribution in [0.25, 0.3) is 0 Å². The van der Waals surface area contributed by atoms with Crippen molar-refractivity contribution in [3.05, 3.63) is 0 Å². The van der Waals surface area contributed by atoms with Crippen molar-refractivity contribution in [3.63, 3.8) is 0 Å². The van der Waals surface area contributed by atoms with Gasteiger partial charge in [0.15, 0.2) is 5.96 Å².